The first-order valence-corrected chi connectivity index (χ1v) is 5.32. The molecule has 0 bridgehead atoms. The molecule has 104 valence electrons. The van der Waals surface area contributed by atoms with E-state index in [0.29, 0.717) is 0 Å². The van der Waals surface area contributed by atoms with Crippen LogP contribution < -0.4 is 5.32 Å². The van der Waals surface area contributed by atoms with E-state index in [-0.39, 0.29) is 17.1 Å². The van der Waals surface area contributed by atoms with Crippen LogP contribution in [-0.2, 0) is 7.05 Å². The molecule has 0 fully saturated rings. The van der Waals surface area contributed by atoms with Gasteiger partial charge in [0.25, 0.3) is 11.6 Å². The Balaban J connectivity index is 2.26. The molecular weight excluding hydrogens is 274 g/mol. The zero-order valence-electron chi connectivity index (χ0n) is 10.1. The summed E-state index contributed by atoms with van der Waals surface area (Å²) >= 11 is 0. The fourth-order valence-electron chi connectivity index (χ4n) is 1.56. The highest BCUT2D eigenvalue weighted by Gasteiger charge is 2.19. The zero-order chi connectivity index (χ0) is 14.9. The van der Waals surface area contributed by atoms with Gasteiger partial charge in [0.2, 0.25) is 11.9 Å². The van der Waals surface area contributed by atoms with Gasteiger partial charge in [-0.25, -0.2) is 0 Å². The van der Waals surface area contributed by atoms with Gasteiger partial charge in [-0.3, -0.25) is 14.9 Å². The van der Waals surface area contributed by atoms with Crippen LogP contribution in [0.5, 0.6) is 0 Å². The molecule has 2 aromatic heterocycles. The van der Waals surface area contributed by atoms with Crippen LogP contribution in [0.25, 0.3) is 0 Å². The Kier molecular flexibility index (Phi) is 3.42. The first-order valence-electron chi connectivity index (χ1n) is 5.32. The third kappa shape index (κ3) is 2.60. The van der Waals surface area contributed by atoms with E-state index >= 15 is 0 Å². The number of nitrogens with zero attached hydrogens (tertiary/aromatic N) is 3. The summed E-state index contributed by atoms with van der Waals surface area (Å²) in [7, 11) is 1.43. The zero-order valence-corrected chi connectivity index (χ0v) is 10.1. The van der Waals surface area contributed by atoms with Crippen molar-refractivity contribution in [1.82, 2.24) is 9.55 Å². The molecule has 20 heavy (non-hydrogen) atoms. The first-order chi connectivity index (χ1) is 9.38. The van der Waals surface area contributed by atoms with Crippen LogP contribution in [0.15, 0.2) is 24.4 Å². The number of nitro groups is 1. The average molecular weight is 282 g/mol. The summed E-state index contributed by atoms with van der Waals surface area (Å²) in [6.07, 6.45) is 1.15. The molecule has 0 aliphatic carbocycles. The molecule has 0 aliphatic rings. The number of nitrogens with one attached hydrogen (secondary N) is 1. The number of carbonyl (C=O) groups excluding carboxylic acids is 1. The second-order valence-corrected chi connectivity index (χ2v) is 3.88. The number of aromatic nitrogens is 2. The van der Waals surface area contributed by atoms with Crippen LogP contribution in [0.1, 0.15) is 10.5 Å². The Morgan fingerprint density at radius 1 is 1.45 bits per heavy atom. The van der Waals surface area contributed by atoms with E-state index in [1.54, 1.807) is 0 Å². The van der Waals surface area contributed by atoms with Crippen molar-refractivity contribution < 1.29 is 18.5 Å². The van der Waals surface area contributed by atoms with Gasteiger partial charge < -0.3 is 9.88 Å². The molecule has 2 aromatic rings. The van der Waals surface area contributed by atoms with E-state index in [9.17, 15) is 23.7 Å². The average Bonchev–Trinajstić information content (AvgIpc) is 2.75. The highest BCUT2D eigenvalue weighted by atomic mass is 19.1. The highest BCUT2D eigenvalue weighted by molar-refractivity contribution is 6.03. The molecule has 0 aromatic carbocycles. The van der Waals surface area contributed by atoms with Crippen molar-refractivity contribution in [1.29, 1.82) is 0 Å². The third-order valence-corrected chi connectivity index (χ3v) is 2.50. The second-order valence-electron chi connectivity index (χ2n) is 3.88. The largest absolute Gasteiger partial charge is 0.340 e. The van der Waals surface area contributed by atoms with E-state index in [1.165, 1.54) is 11.6 Å². The van der Waals surface area contributed by atoms with Crippen molar-refractivity contribution in [3.8, 4) is 0 Å². The van der Waals surface area contributed by atoms with Gasteiger partial charge in [-0.15, -0.1) is 0 Å². The lowest BCUT2D eigenvalue weighted by molar-refractivity contribution is -0.384. The van der Waals surface area contributed by atoms with Gasteiger partial charge in [-0.2, -0.15) is 13.8 Å². The van der Waals surface area contributed by atoms with Crippen LogP contribution >= 0.6 is 0 Å². The van der Waals surface area contributed by atoms with Crippen molar-refractivity contribution in [2.45, 2.75) is 0 Å². The number of pyridine rings is 1. The van der Waals surface area contributed by atoms with Gasteiger partial charge in [0.1, 0.15) is 5.69 Å². The highest BCUT2D eigenvalue weighted by Crippen LogP contribution is 2.18. The molecular formula is C11H8F2N4O3. The van der Waals surface area contributed by atoms with E-state index in [2.05, 4.69) is 10.3 Å². The Morgan fingerprint density at radius 3 is 2.70 bits per heavy atom. The summed E-state index contributed by atoms with van der Waals surface area (Å²) in [6.45, 7) is 0. The molecule has 0 atom stereocenters. The number of rotatable bonds is 3. The van der Waals surface area contributed by atoms with Crippen LogP contribution in [0, 0.1) is 22.0 Å². The van der Waals surface area contributed by atoms with Gasteiger partial charge in [-0.05, 0) is 12.1 Å². The monoisotopic (exact) mass is 282 g/mol. The van der Waals surface area contributed by atoms with Crippen molar-refractivity contribution >= 4 is 17.3 Å². The maximum Gasteiger partial charge on any atom is 0.287 e. The smallest absolute Gasteiger partial charge is 0.287 e. The first kappa shape index (κ1) is 13.6. The molecule has 0 spiro atoms. The molecule has 1 amide bonds. The summed E-state index contributed by atoms with van der Waals surface area (Å²) in [5.41, 5.74) is -0.629. The number of anilines is 1. The summed E-state index contributed by atoms with van der Waals surface area (Å²) in [6, 6.07) is 2.93. The minimum atomic E-state index is -1.18. The number of amides is 1. The molecule has 0 unspecified atom stereocenters. The molecule has 0 radical (unpaired) electrons. The normalized spacial score (nSPS) is 10.3. The van der Waals surface area contributed by atoms with E-state index in [0.717, 1.165) is 24.4 Å². The minimum Gasteiger partial charge on any atom is -0.340 e. The van der Waals surface area contributed by atoms with Gasteiger partial charge >= 0.3 is 0 Å². The predicted octanol–water partition coefficient (Wildman–Crippen LogP) is 1.86. The molecule has 0 saturated heterocycles. The van der Waals surface area contributed by atoms with E-state index in [4.69, 9.17) is 0 Å². The fourth-order valence-corrected chi connectivity index (χ4v) is 1.56. The number of halogens is 2. The van der Waals surface area contributed by atoms with Crippen molar-refractivity contribution in [3.05, 3.63) is 52.1 Å². The lowest BCUT2D eigenvalue weighted by Gasteiger charge is -2.05. The number of hydrogen-bond donors (Lipinski definition) is 1. The summed E-state index contributed by atoms with van der Waals surface area (Å²) < 4.78 is 27.1. The lowest BCUT2D eigenvalue weighted by Crippen LogP contribution is -2.16. The van der Waals surface area contributed by atoms with Crippen molar-refractivity contribution in [2.24, 2.45) is 7.05 Å². The standard InChI is InChI=1S/C11H8F2N4O3/c1-16-5-6(17(19)20)4-8(16)11(18)14-7-2-3-9(12)15-10(7)13/h2-5H,1H3,(H,14,18). The lowest BCUT2D eigenvalue weighted by atomic mass is 10.3. The molecule has 9 heteroatoms. The van der Waals surface area contributed by atoms with Crippen LogP contribution in [0.2, 0.25) is 0 Å². The van der Waals surface area contributed by atoms with Gasteiger partial charge in [0.15, 0.2) is 0 Å². The van der Waals surface area contributed by atoms with E-state index in [1.807, 2.05) is 0 Å². The van der Waals surface area contributed by atoms with Crippen molar-refractivity contribution in [2.75, 3.05) is 5.32 Å². The number of hydrogen-bond acceptors (Lipinski definition) is 4. The predicted molar refractivity (Wildman–Crippen MR) is 64.2 cm³/mol. The van der Waals surface area contributed by atoms with Crippen molar-refractivity contribution in [3.63, 3.8) is 0 Å². The minimum absolute atomic E-state index is 0.0413. The maximum atomic E-state index is 13.3. The molecule has 2 heterocycles. The number of carbonyl (C=O) groups is 1. The number of aryl methyl sites for hydroxylation is 1. The Morgan fingerprint density at radius 2 is 2.15 bits per heavy atom. The summed E-state index contributed by atoms with van der Waals surface area (Å²) in [5, 5.41) is 12.7. The van der Waals surface area contributed by atoms with Gasteiger partial charge in [0.05, 0.1) is 16.8 Å². The summed E-state index contributed by atoms with van der Waals surface area (Å²) in [5.74, 6) is -2.97. The quantitative estimate of drug-likeness (QED) is 0.528. The maximum absolute atomic E-state index is 13.3. The van der Waals surface area contributed by atoms with Gasteiger partial charge in [0, 0.05) is 13.1 Å². The summed E-state index contributed by atoms with van der Waals surface area (Å²) in [4.78, 5) is 24.7. The van der Waals surface area contributed by atoms with Crippen LogP contribution in [0.3, 0.4) is 0 Å². The molecule has 1 N–H and O–H groups in total. The molecule has 0 aliphatic heterocycles. The second kappa shape index (κ2) is 5.03. The van der Waals surface area contributed by atoms with E-state index < -0.39 is 22.7 Å². The molecule has 2 rings (SSSR count). The molecule has 0 saturated carbocycles. The topological polar surface area (TPSA) is 90.1 Å². The Bertz CT molecular complexity index is 699. The van der Waals surface area contributed by atoms with Crippen LogP contribution in [-0.4, -0.2) is 20.4 Å². The Hall–Kier alpha value is -2.84. The van der Waals surface area contributed by atoms with Crippen LogP contribution in [0.4, 0.5) is 20.2 Å². The third-order valence-electron chi connectivity index (χ3n) is 2.50. The Labute approximate surface area is 111 Å². The van der Waals surface area contributed by atoms with Gasteiger partial charge in [-0.1, -0.05) is 0 Å². The fraction of sp³-hybridized carbons (Fsp3) is 0.0909. The SMILES string of the molecule is Cn1cc([N+](=O)[O-])cc1C(=O)Nc1ccc(F)nc1F. The molecule has 7 nitrogen and oxygen atoms in total.